The summed E-state index contributed by atoms with van der Waals surface area (Å²) in [4.78, 5) is 77.0. The molecule has 0 fully saturated rings. The Morgan fingerprint density at radius 1 is 0.600 bits per heavy atom. The second-order valence-corrected chi connectivity index (χ2v) is 21.4. The summed E-state index contributed by atoms with van der Waals surface area (Å²) in [5.41, 5.74) is -2.07. The average Bonchev–Trinajstić information content (AvgIpc) is 3.02. The Morgan fingerprint density at radius 3 is 1.40 bits per heavy atom. The minimum Gasteiger partial charge on any atom is -0.464 e. The number of alkyl carbamates (subject to hydrolysis) is 1. The SMILES string of the molecule is CN(C)C[C@H](NC(=O)OC(C)(C)C)C(=O)NCCOCCOCCNC(=O)COCC(COC(=O)C(C)(C)Br)(COC(=O)C(C)(C)Br)COC(=O)C(C)(C)Br. The standard InChI is InChI=1S/C35H61Br3N4O13/c1-31(2,3)55-30(48)41-24(18-42(10)11)26(44)40-13-15-50-17-16-49-14-12-39-25(43)19-51-20-35(21-52-27(45)32(4,5)36,22-53-28(46)33(6,7)37)23-54-29(47)34(8,9)38/h24H,12-23H2,1-11H3,(H,39,43)(H,40,44)(H,41,48)/t24-/m0/s1. The molecule has 55 heavy (non-hydrogen) atoms. The van der Waals surface area contributed by atoms with Crippen molar-refractivity contribution < 1.29 is 61.9 Å². The summed E-state index contributed by atoms with van der Waals surface area (Å²) in [6.45, 7) is 14.5. The van der Waals surface area contributed by atoms with Crippen LogP contribution in [0.5, 0.6) is 0 Å². The summed E-state index contributed by atoms with van der Waals surface area (Å²) >= 11 is 9.76. The van der Waals surface area contributed by atoms with Crippen molar-refractivity contribution in [2.45, 2.75) is 86.9 Å². The largest absolute Gasteiger partial charge is 0.464 e. The molecule has 320 valence electrons. The highest BCUT2D eigenvalue weighted by molar-refractivity contribution is 9.10. The zero-order valence-corrected chi connectivity index (χ0v) is 38.7. The molecule has 0 spiro atoms. The second-order valence-electron chi connectivity index (χ2n) is 15.5. The molecule has 0 bridgehead atoms. The van der Waals surface area contributed by atoms with Crippen LogP contribution in [-0.4, -0.2) is 159 Å². The number of alkyl halides is 3. The molecule has 1 atom stereocenters. The molecular weight excluding hydrogens is 924 g/mol. The van der Waals surface area contributed by atoms with Crippen LogP contribution in [0.2, 0.25) is 0 Å². The van der Waals surface area contributed by atoms with Gasteiger partial charge in [0.15, 0.2) is 0 Å². The van der Waals surface area contributed by atoms with E-state index < -0.39 is 66.5 Å². The fourth-order valence-electron chi connectivity index (χ4n) is 3.80. The molecule has 0 aromatic rings. The molecule has 3 amide bonds. The van der Waals surface area contributed by atoms with E-state index in [1.165, 1.54) is 0 Å². The van der Waals surface area contributed by atoms with Gasteiger partial charge in [-0.15, -0.1) is 0 Å². The zero-order valence-electron chi connectivity index (χ0n) is 34.0. The third kappa shape index (κ3) is 25.7. The normalized spacial score (nSPS) is 13.1. The molecule has 0 aliphatic heterocycles. The van der Waals surface area contributed by atoms with Crippen LogP contribution < -0.4 is 16.0 Å². The minimum atomic E-state index is -1.37. The summed E-state index contributed by atoms with van der Waals surface area (Å²) in [5, 5.41) is 7.97. The molecule has 0 saturated carbocycles. The Kier molecular flexibility index (Phi) is 23.7. The van der Waals surface area contributed by atoms with Gasteiger partial charge in [-0.05, 0) is 76.4 Å². The van der Waals surface area contributed by atoms with E-state index >= 15 is 0 Å². The van der Waals surface area contributed by atoms with Crippen LogP contribution in [0.4, 0.5) is 4.79 Å². The number of hydrogen-bond acceptors (Lipinski definition) is 14. The molecular formula is C35H61Br3N4O13. The van der Waals surface area contributed by atoms with Gasteiger partial charge in [-0.1, -0.05) is 47.8 Å². The first-order valence-electron chi connectivity index (χ1n) is 17.6. The van der Waals surface area contributed by atoms with Crippen molar-refractivity contribution in [2.75, 3.05) is 93.2 Å². The van der Waals surface area contributed by atoms with Gasteiger partial charge in [0.2, 0.25) is 11.8 Å². The number of nitrogens with one attached hydrogen (secondary N) is 3. The van der Waals surface area contributed by atoms with E-state index in [0.29, 0.717) is 0 Å². The van der Waals surface area contributed by atoms with E-state index in [1.807, 2.05) is 0 Å². The molecule has 0 aliphatic rings. The number of carbonyl (C=O) groups is 6. The fraction of sp³-hybridized carbons (Fsp3) is 0.829. The summed E-state index contributed by atoms with van der Waals surface area (Å²) in [7, 11) is 3.56. The molecule has 0 aromatic carbocycles. The van der Waals surface area contributed by atoms with E-state index in [1.54, 1.807) is 81.3 Å². The highest BCUT2D eigenvalue weighted by atomic mass is 79.9. The fourth-order valence-corrected chi connectivity index (χ4v) is 4.14. The lowest BCUT2D eigenvalue weighted by molar-refractivity contribution is -0.170. The predicted molar refractivity (Wildman–Crippen MR) is 215 cm³/mol. The number of ether oxygens (including phenoxy) is 7. The first-order valence-corrected chi connectivity index (χ1v) is 20.0. The van der Waals surface area contributed by atoms with E-state index in [-0.39, 0.29) is 78.4 Å². The van der Waals surface area contributed by atoms with Gasteiger partial charge in [-0.3, -0.25) is 24.0 Å². The maximum atomic E-state index is 12.6. The topological polar surface area (TPSA) is 206 Å². The maximum absolute atomic E-state index is 12.6. The first kappa shape index (κ1) is 52.9. The van der Waals surface area contributed by atoms with E-state index in [9.17, 15) is 28.8 Å². The third-order valence-electron chi connectivity index (χ3n) is 6.67. The molecule has 3 N–H and O–H groups in total. The third-order valence-corrected chi connectivity index (χ3v) is 7.64. The number of carbonyl (C=O) groups excluding carboxylic acids is 6. The molecule has 0 aliphatic carbocycles. The molecule has 0 saturated heterocycles. The molecule has 0 heterocycles. The number of hydrogen-bond donors (Lipinski definition) is 3. The summed E-state index contributed by atoms with van der Waals surface area (Å²) in [6.07, 6.45) is -0.688. The van der Waals surface area contributed by atoms with Crippen LogP contribution in [0.1, 0.15) is 62.3 Å². The van der Waals surface area contributed by atoms with Crippen molar-refractivity contribution in [3.8, 4) is 0 Å². The van der Waals surface area contributed by atoms with Crippen LogP contribution in [-0.2, 0) is 57.1 Å². The van der Waals surface area contributed by atoms with Gasteiger partial charge >= 0.3 is 24.0 Å². The van der Waals surface area contributed by atoms with Gasteiger partial charge in [0, 0.05) is 19.6 Å². The van der Waals surface area contributed by atoms with Gasteiger partial charge in [-0.25, -0.2) is 4.79 Å². The molecule has 0 aromatic heterocycles. The Hall–Kier alpha value is -2.10. The lowest BCUT2D eigenvalue weighted by Crippen LogP contribution is -2.53. The number of halogens is 3. The summed E-state index contributed by atoms with van der Waals surface area (Å²) in [6, 6.07) is -0.819. The molecule has 0 unspecified atom stereocenters. The highest BCUT2D eigenvalue weighted by Crippen LogP contribution is 2.27. The zero-order chi connectivity index (χ0) is 42.7. The highest BCUT2D eigenvalue weighted by Gasteiger charge is 2.41. The Bertz CT molecular complexity index is 1170. The minimum absolute atomic E-state index is 0.162. The van der Waals surface area contributed by atoms with Crippen LogP contribution in [0.25, 0.3) is 0 Å². The Morgan fingerprint density at radius 2 is 1.02 bits per heavy atom. The van der Waals surface area contributed by atoms with E-state index in [4.69, 9.17) is 33.2 Å². The quantitative estimate of drug-likeness (QED) is 0.0494. The van der Waals surface area contributed by atoms with Crippen LogP contribution in [0.15, 0.2) is 0 Å². The summed E-state index contributed by atoms with van der Waals surface area (Å²) < 4.78 is 35.4. The predicted octanol–water partition coefficient (Wildman–Crippen LogP) is 2.86. The molecule has 20 heteroatoms. The smallest absolute Gasteiger partial charge is 0.408 e. The van der Waals surface area contributed by atoms with Crippen LogP contribution in [0, 0.1) is 5.41 Å². The van der Waals surface area contributed by atoms with Gasteiger partial charge in [0.1, 0.15) is 51.0 Å². The van der Waals surface area contributed by atoms with Crippen molar-refractivity contribution in [3.05, 3.63) is 0 Å². The van der Waals surface area contributed by atoms with Crippen molar-refractivity contribution >= 4 is 83.6 Å². The van der Waals surface area contributed by atoms with E-state index in [0.717, 1.165) is 0 Å². The maximum Gasteiger partial charge on any atom is 0.408 e. The second kappa shape index (κ2) is 24.6. The van der Waals surface area contributed by atoms with Gasteiger partial charge in [-0.2, -0.15) is 0 Å². The van der Waals surface area contributed by atoms with Crippen LogP contribution >= 0.6 is 47.8 Å². The first-order chi connectivity index (χ1) is 25.1. The summed E-state index contributed by atoms with van der Waals surface area (Å²) in [5.74, 6) is -2.72. The number of esters is 3. The van der Waals surface area contributed by atoms with Gasteiger partial charge in [0.25, 0.3) is 0 Å². The monoisotopic (exact) mass is 982 g/mol. The van der Waals surface area contributed by atoms with Crippen molar-refractivity contribution in [3.63, 3.8) is 0 Å². The number of rotatable bonds is 26. The Balaban J connectivity index is 4.92. The molecule has 0 radical (unpaired) electrons. The number of likely N-dealkylation sites (N-methyl/N-ethyl adjacent to an activating group) is 1. The van der Waals surface area contributed by atoms with E-state index in [2.05, 4.69) is 63.7 Å². The average molecular weight is 986 g/mol. The van der Waals surface area contributed by atoms with Crippen molar-refractivity contribution in [1.29, 1.82) is 0 Å². The number of amides is 3. The van der Waals surface area contributed by atoms with Crippen LogP contribution in [0.3, 0.4) is 0 Å². The Labute approximate surface area is 350 Å². The van der Waals surface area contributed by atoms with Crippen molar-refractivity contribution in [2.24, 2.45) is 5.41 Å². The van der Waals surface area contributed by atoms with Gasteiger partial charge in [0.05, 0.1) is 38.4 Å². The van der Waals surface area contributed by atoms with Crippen molar-refractivity contribution in [1.82, 2.24) is 20.9 Å². The molecule has 0 rings (SSSR count). The van der Waals surface area contributed by atoms with Gasteiger partial charge < -0.3 is 54.0 Å². The number of nitrogens with zero attached hydrogens (tertiary/aromatic N) is 1. The molecule has 17 nitrogen and oxygen atoms in total. The lowest BCUT2D eigenvalue weighted by atomic mass is 9.92. The lowest BCUT2D eigenvalue weighted by Gasteiger charge is -2.34.